The van der Waals surface area contributed by atoms with Crippen molar-refractivity contribution in [3.63, 3.8) is 0 Å². The summed E-state index contributed by atoms with van der Waals surface area (Å²) < 4.78 is 56.3. The average molecular weight is 427 g/mol. The molecule has 0 unspecified atom stereocenters. The van der Waals surface area contributed by atoms with Gasteiger partial charge in [0.25, 0.3) is 10.0 Å². The summed E-state index contributed by atoms with van der Waals surface area (Å²) in [6, 6.07) is 16.0. The van der Waals surface area contributed by atoms with Gasteiger partial charge in [0.2, 0.25) is 5.96 Å². The molecule has 0 aliphatic carbocycles. The Morgan fingerprint density at radius 1 is 0.900 bits per heavy atom. The number of guanidine groups is 1. The molecule has 0 saturated carbocycles. The van der Waals surface area contributed by atoms with Crippen LogP contribution in [0.3, 0.4) is 0 Å². The van der Waals surface area contributed by atoms with E-state index in [0.717, 1.165) is 17.2 Å². The Morgan fingerprint density at radius 3 is 2.33 bits per heavy atom. The van der Waals surface area contributed by atoms with Gasteiger partial charge in [-0.3, -0.25) is 0 Å². The molecule has 3 aromatic rings. The van der Waals surface area contributed by atoms with Gasteiger partial charge in [0.15, 0.2) is 0 Å². The van der Waals surface area contributed by atoms with E-state index in [1.165, 1.54) is 12.1 Å². The highest BCUT2D eigenvalue weighted by molar-refractivity contribution is 7.90. The van der Waals surface area contributed by atoms with E-state index in [2.05, 4.69) is 15.0 Å². The SMILES string of the molecule is Cc1ccccc1Cc1c(F)ccc2c1NC(=NCc1ccccc1F)NS2(=O)=O. The third-order valence-electron chi connectivity index (χ3n) is 4.98. The first-order valence-electron chi connectivity index (χ1n) is 9.29. The minimum absolute atomic E-state index is 0.0580. The van der Waals surface area contributed by atoms with E-state index in [1.807, 2.05) is 31.2 Å². The number of benzene rings is 3. The van der Waals surface area contributed by atoms with Crippen LogP contribution >= 0.6 is 0 Å². The number of nitrogens with zero attached hydrogens (tertiary/aromatic N) is 1. The molecule has 0 radical (unpaired) electrons. The van der Waals surface area contributed by atoms with Crippen LogP contribution in [0.4, 0.5) is 14.5 Å². The molecule has 1 aliphatic heterocycles. The highest BCUT2D eigenvalue weighted by Gasteiger charge is 2.30. The van der Waals surface area contributed by atoms with Crippen LogP contribution < -0.4 is 10.0 Å². The molecule has 2 N–H and O–H groups in total. The molecule has 0 bridgehead atoms. The maximum Gasteiger partial charge on any atom is 0.266 e. The zero-order valence-electron chi connectivity index (χ0n) is 16.1. The van der Waals surface area contributed by atoms with Gasteiger partial charge in [0, 0.05) is 17.5 Å². The van der Waals surface area contributed by atoms with Crippen LogP contribution in [0.25, 0.3) is 0 Å². The first kappa shape index (κ1) is 20.0. The van der Waals surface area contributed by atoms with Crippen LogP contribution in [-0.4, -0.2) is 14.4 Å². The van der Waals surface area contributed by atoms with Gasteiger partial charge in [-0.15, -0.1) is 0 Å². The Kier molecular flexibility index (Phi) is 5.26. The third kappa shape index (κ3) is 3.91. The highest BCUT2D eigenvalue weighted by Crippen LogP contribution is 2.32. The fourth-order valence-electron chi connectivity index (χ4n) is 3.32. The predicted octanol–water partition coefficient (Wildman–Crippen LogP) is 4.12. The van der Waals surface area contributed by atoms with Crippen LogP contribution in [0.15, 0.2) is 70.6 Å². The predicted molar refractivity (Wildman–Crippen MR) is 112 cm³/mol. The maximum atomic E-state index is 14.7. The summed E-state index contributed by atoms with van der Waals surface area (Å²) in [5.74, 6) is -1.04. The van der Waals surface area contributed by atoms with Crippen LogP contribution in [-0.2, 0) is 23.0 Å². The quantitative estimate of drug-likeness (QED) is 0.658. The lowest BCUT2D eigenvalue weighted by Gasteiger charge is -2.24. The molecule has 30 heavy (non-hydrogen) atoms. The van der Waals surface area contributed by atoms with E-state index < -0.39 is 21.7 Å². The Morgan fingerprint density at radius 2 is 1.60 bits per heavy atom. The molecular formula is C22H19F2N3O2S. The second-order valence-corrected chi connectivity index (χ2v) is 8.64. The average Bonchev–Trinajstić information content (AvgIpc) is 2.70. The van der Waals surface area contributed by atoms with Crippen molar-refractivity contribution in [2.75, 3.05) is 5.32 Å². The Balaban J connectivity index is 1.74. The standard InChI is InChI=1S/C22H19F2N3O2S/c1-14-6-2-3-7-15(14)12-17-19(24)10-11-20-21(17)26-22(27-30(20,28)29)25-13-16-8-4-5-9-18(16)23/h2-11H,12-13H2,1H3,(H2,25,26,27). The zero-order chi connectivity index (χ0) is 21.3. The monoisotopic (exact) mass is 427 g/mol. The lowest BCUT2D eigenvalue weighted by molar-refractivity contribution is 0.588. The lowest BCUT2D eigenvalue weighted by Crippen LogP contribution is -2.41. The van der Waals surface area contributed by atoms with Gasteiger partial charge in [-0.2, -0.15) is 0 Å². The molecular weight excluding hydrogens is 408 g/mol. The van der Waals surface area contributed by atoms with Gasteiger partial charge in [0.05, 0.1) is 12.2 Å². The minimum atomic E-state index is -3.95. The van der Waals surface area contributed by atoms with Crippen LogP contribution in [0, 0.1) is 18.6 Å². The normalized spacial score (nSPS) is 15.9. The number of hydrogen-bond acceptors (Lipinski definition) is 3. The van der Waals surface area contributed by atoms with Gasteiger partial charge in [0.1, 0.15) is 16.5 Å². The number of sulfonamides is 1. The van der Waals surface area contributed by atoms with Gasteiger partial charge in [-0.1, -0.05) is 42.5 Å². The van der Waals surface area contributed by atoms with Crippen molar-refractivity contribution < 1.29 is 17.2 Å². The molecule has 0 spiro atoms. The number of aryl methyl sites for hydroxylation is 1. The smallest absolute Gasteiger partial charge is 0.266 e. The number of rotatable bonds is 4. The number of aliphatic imine (C=N–C) groups is 1. The van der Waals surface area contributed by atoms with E-state index in [0.29, 0.717) is 5.56 Å². The second-order valence-electron chi connectivity index (χ2n) is 6.99. The van der Waals surface area contributed by atoms with Gasteiger partial charge in [-0.25, -0.2) is 26.9 Å². The molecule has 3 aromatic carbocycles. The van der Waals surface area contributed by atoms with Gasteiger partial charge >= 0.3 is 0 Å². The first-order valence-corrected chi connectivity index (χ1v) is 10.8. The summed E-state index contributed by atoms with van der Waals surface area (Å²) in [5.41, 5.74) is 2.54. The van der Waals surface area contributed by atoms with E-state index in [-0.39, 0.29) is 35.1 Å². The first-order chi connectivity index (χ1) is 14.3. The number of fused-ring (bicyclic) bond motifs is 1. The molecule has 0 amide bonds. The summed E-state index contributed by atoms with van der Waals surface area (Å²) in [6.45, 7) is 1.84. The van der Waals surface area contributed by atoms with E-state index in [1.54, 1.807) is 18.2 Å². The van der Waals surface area contributed by atoms with Crippen molar-refractivity contribution >= 4 is 21.7 Å². The van der Waals surface area contributed by atoms with E-state index >= 15 is 0 Å². The Hall–Kier alpha value is -3.26. The van der Waals surface area contributed by atoms with Crippen molar-refractivity contribution in [2.45, 2.75) is 24.8 Å². The van der Waals surface area contributed by atoms with Crippen molar-refractivity contribution in [3.8, 4) is 0 Å². The van der Waals surface area contributed by atoms with Crippen molar-refractivity contribution in [3.05, 3.63) is 94.6 Å². The van der Waals surface area contributed by atoms with E-state index in [4.69, 9.17) is 0 Å². The molecule has 154 valence electrons. The van der Waals surface area contributed by atoms with Crippen molar-refractivity contribution in [2.24, 2.45) is 4.99 Å². The topological polar surface area (TPSA) is 70.6 Å². The summed E-state index contributed by atoms with van der Waals surface area (Å²) in [4.78, 5) is 4.10. The number of nitrogens with one attached hydrogen (secondary N) is 2. The molecule has 4 rings (SSSR count). The van der Waals surface area contributed by atoms with Gasteiger partial charge < -0.3 is 5.32 Å². The Labute approximate surface area is 173 Å². The zero-order valence-corrected chi connectivity index (χ0v) is 16.9. The summed E-state index contributed by atoms with van der Waals surface area (Å²) >= 11 is 0. The van der Waals surface area contributed by atoms with E-state index in [9.17, 15) is 17.2 Å². The largest absolute Gasteiger partial charge is 0.324 e. The molecule has 0 atom stereocenters. The van der Waals surface area contributed by atoms with Crippen LogP contribution in [0.2, 0.25) is 0 Å². The maximum absolute atomic E-state index is 14.7. The molecule has 5 nitrogen and oxygen atoms in total. The summed E-state index contributed by atoms with van der Waals surface area (Å²) in [6.07, 6.45) is 0.213. The number of halogens is 2. The minimum Gasteiger partial charge on any atom is -0.324 e. The summed E-state index contributed by atoms with van der Waals surface area (Å²) in [5, 5.41) is 2.89. The van der Waals surface area contributed by atoms with Crippen molar-refractivity contribution in [1.29, 1.82) is 0 Å². The number of anilines is 1. The number of hydrogen-bond donors (Lipinski definition) is 2. The van der Waals surface area contributed by atoms with Crippen LogP contribution in [0.1, 0.15) is 22.3 Å². The molecule has 1 heterocycles. The highest BCUT2D eigenvalue weighted by atomic mass is 32.2. The van der Waals surface area contributed by atoms with Crippen LogP contribution in [0.5, 0.6) is 0 Å². The van der Waals surface area contributed by atoms with Crippen molar-refractivity contribution in [1.82, 2.24) is 4.72 Å². The summed E-state index contributed by atoms with van der Waals surface area (Å²) in [7, 11) is -3.95. The molecule has 0 aromatic heterocycles. The fraction of sp³-hybridized carbons (Fsp3) is 0.136. The third-order valence-corrected chi connectivity index (χ3v) is 6.36. The fourth-order valence-corrected chi connectivity index (χ4v) is 4.49. The molecule has 8 heteroatoms. The lowest BCUT2D eigenvalue weighted by atomic mass is 9.99. The molecule has 0 fully saturated rings. The van der Waals surface area contributed by atoms with Gasteiger partial charge in [-0.05, 0) is 36.2 Å². The molecule has 1 aliphatic rings. The molecule has 0 saturated heterocycles. The second kappa shape index (κ2) is 7.87. The Bertz CT molecular complexity index is 1260.